The summed E-state index contributed by atoms with van der Waals surface area (Å²) in [5.41, 5.74) is 0.858. The molecule has 1 amide bonds. The maximum Gasteiger partial charge on any atom is 0.232 e. The van der Waals surface area contributed by atoms with Gasteiger partial charge in [-0.1, -0.05) is 29.8 Å². The molecule has 2 heterocycles. The molecule has 7 nitrogen and oxygen atoms in total. The quantitative estimate of drug-likeness (QED) is 0.581. The number of amides is 1. The first-order chi connectivity index (χ1) is 13.2. The van der Waals surface area contributed by atoms with Gasteiger partial charge in [-0.15, -0.1) is 16.6 Å². The van der Waals surface area contributed by atoms with Crippen LogP contribution in [0.25, 0.3) is 5.69 Å². The number of nitrogens with zero attached hydrogens (tertiary/aromatic N) is 4. The van der Waals surface area contributed by atoms with Crippen LogP contribution in [0.5, 0.6) is 5.75 Å². The SMILES string of the molecule is C#CCNC(=O)CSc1nnc(N2CCCCC2)n1-c1ccccc1OC. The van der Waals surface area contributed by atoms with Gasteiger partial charge in [0, 0.05) is 13.1 Å². The van der Waals surface area contributed by atoms with E-state index in [1.807, 2.05) is 28.8 Å². The Morgan fingerprint density at radius 2 is 2.07 bits per heavy atom. The van der Waals surface area contributed by atoms with E-state index in [-0.39, 0.29) is 18.2 Å². The Balaban J connectivity index is 1.92. The van der Waals surface area contributed by atoms with Crippen LogP contribution in [0.4, 0.5) is 5.95 Å². The third kappa shape index (κ3) is 4.55. The number of benzene rings is 1. The van der Waals surface area contributed by atoms with Crippen LogP contribution in [-0.2, 0) is 4.79 Å². The van der Waals surface area contributed by atoms with Gasteiger partial charge in [0.25, 0.3) is 0 Å². The fraction of sp³-hybridized carbons (Fsp3) is 0.421. The van der Waals surface area contributed by atoms with Crippen molar-refractivity contribution in [1.29, 1.82) is 0 Å². The number of piperidine rings is 1. The first kappa shape index (κ1) is 19.1. The van der Waals surface area contributed by atoms with E-state index in [0.717, 1.165) is 43.3 Å². The monoisotopic (exact) mass is 385 g/mol. The third-order valence-corrected chi connectivity index (χ3v) is 5.23. The topological polar surface area (TPSA) is 72.3 Å². The summed E-state index contributed by atoms with van der Waals surface area (Å²) in [7, 11) is 1.64. The minimum absolute atomic E-state index is 0.132. The highest BCUT2D eigenvalue weighted by atomic mass is 32.2. The van der Waals surface area contributed by atoms with Crippen LogP contribution in [0.3, 0.4) is 0 Å². The van der Waals surface area contributed by atoms with Crippen LogP contribution >= 0.6 is 11.8 Å². The number of hydrogen-bond donors (Lipinski definition) is 1. The number of terminal acetylenes is 1. The maximum absolute atomic E-state index is 11.9. The van der Waals surface area contributed by atoms with Gasteiger partial charge in [0.05, 0.1) is 25.1 Å². The number of para-hydroxylation sites is 2. The van der Waals surface area contributed by atoms with E-state index in [4.69, 9.17) is 11.2 Å². The second kappa shape index (κ2) is 9.33. The lowest BCUT2D eigenvalue weighted by molar-refractivity contribution is -0.118. The van der Waals surface area contributed by atoms with Crippen molar-refractivity contribution in [2.75, 3.05) is 37.4 Å². The molecule has 0 aliphatic carbocycles. The molecule has 0 bridgehead atoms. The van der Waals surface area contributed by atoms with Crippen LogP contribution in [-0.4, -0.2) is 53.2 Å². The lowest BCUT2D eigenvalue weighted by Crippen LogP contribution is -2.31. The van der Waals surface area contributed by atoms with E-state index >= 15 is 0 Å². The molecule has 1 aromatic carbocycles. The van der Waals surface area contributed by atoms with Crippen LogP contribution in [0.15, 0.2) is 29.4 Å². The summed E-state index contributed by atoms with van der Waals surface area (Å²) in [5, 5.41) is 12.1. The third-order valence-electron chi connectivity index (χ3n) is 4.30. The van der Waals surface area contributed by atoms with E-state index in [9.17, 15) is 4.79 Å². The summed E-state index contributed by atoms with van der Waals surface area (Å²) in [6, 6.07) is 7.75. The van der Waals surface area contributed by atoms with E-state index in [2.05, 4.69) is 26.3 Å². The molecule has 8 heteroatoms. The lowest BCUT2D eigenvalue weighted by Gasteiger charge is -2.28. The van der Waals surface area contributed by atoms with Crippen LogP contribution in [0.2, 0.25) is 0 Å². The molecule has 1 aromatic heterocycles. The molecule has 0 atom stereocenters. The molecule has 0 radical (unpaired) electrons. The number of carbonyl (C=O) groups is 1. The van der Waals surface area contributed by atoms with E-state index in [1.165, 1.54) is 18.2 Å². The standard InChI is InChI=1S/C19H23N5O2S/c1-3-11-20-17(25)14-27-19-22-21-18(23-12-7-4-8-13-23)24(19)15-9-5-6-10-16(15)26-2/h1,5-6,9-10H,4,7-8,11-14H2,2H3,(H,20,25). The molecule has 1 fully saturated rings. The van der Waals surface area contributed by atoms with Gasteiger partial charge in [-0.05, 0) is 31.4 Å². The minimum atomic E-state index is -0.132. The van der Waals surface area contributed by atoms with Crippen molar-refractivity contribution in [2.24, 2.45) is 0 Å². The number of rotatable bonds is 7. The average molecular weight is 385 g/mol. The van der Waals surface area contributed by atoms with Crippen molar-refractivity contribution in [3.63, 3.8) is 0 Å². The second-order valence-corrected chi connectivity index (χ2v) is 7.05. The zero-order chi connectivity index (χ0) is 19.1. The summed E-state index contributed by atoms with van der Waals surface area (Å²) in [5.74, 6) is 4.00. The van der Waals surface area contributed by atoms with Crippen molar-refractivity contribution >= 4 is 23.6 Å². The van der Waals surface area contributed by atoms with Crippen LogP contribution in [0.1, 0.15) is 19.3 Å². The molecule has 0 spiro atoms. The van der Waals surface area contributed by atoms with Crippen molar-refractivity contribution in [3.8, 4) is 23.8 Å². The summed E-state index contributed by atoms with van der Waals surface area (Å²) < 4.78 is 7.52. The number of ether oxygens (including phenoxy) is 1. The van der Waals surface area contributed by atoms with Gasteiger partial charge in [-0.2, -0.15) is 0 Å². The Morgan fingerprint density at radius 1 is 1.30 bits per heavy atom. The molecule has 0 unspecified atom stereocenters. The normalized spacial score (nSPS) is 13.9. The van der Waals surface area contributed by atoms with Gasteiger partial charge in [0.1, 0.15) is 5.75 Å². The molecule has 1 N–H and O–H groups in total. The maximum atomic E-state index is 11.9. The smallest absolute Gasteiger partial charge is 0.232 e. The van der Waals surface area contributed by atoms with Gasteiger partial charge in [0.2, 0.25) is 11.9 Å². The molecule has 3 rings (SSSR count). The summed E-state index contributed by atoms with van der Waals surface area (Å²) in [6.45, 7) is 2.11. The van der Waals surface area contributed by atoms with Crippen LogP contribution in [0, 0.1) is 12.3 Å². The Kier molecular flexibility index (Phi) is 6.60. The highest BCUT2D eigenvalue weighted by Gasteiger charge is 2.23. The van der Waals surface area contributed by atoms with E-state index in [0.29, 0.717) is 5.16 Å². The number of aromatic nitrogens is 3. The lowest BCUT2D eigenvalue weighted by atomic mass is 10.1. The largest absolute Gasteiger partial charge is 0.495 e. The van der Waals surface area contributed by atoms with Gasteiger partial charge < -0.3 is 15.0 Å². The first-order valence-electron chi connectivity index (χ1n) is 8.91. The minimum Gasteiger partial charge on any atom is -0.495 e. The molecule has 1 aliphatic heterocycles. The van der Waals surface area contributed by atoms with Gasteiger partial charge in [-0.25, -0.2) is 0 Å². The molecule has 142 valence electrons. The van der Waals surface area contributed by atoms with Crippen molar-refractivity contribution in [1.82, 2.24) is 20.1 Å². The van der Waals surface area contributed by atoms with Gasteiger partial charge >= 0.3 is 0 Å². The zero-order valence-electron chi connectivity index (χ0n) is 15.4. The molecule has 0 saturated carbocycles. The number of nitrogens with one attached hydrogen (secondary N) is 1. The molecule has 2 aromatic rings. The zero-order valence-corrected chi connectivity index (χ0v) is 16.2. The summed E-state index contributed by atoms with van der Waals surface area (Å²) >= 11 is 1.33. The molecule has 27 heavy (non-hydrogen) atoms. The predicted molar refractivity (Wildman–Crippen MR) is 107 cm³/mol. The Hall–Kier alpha value is -2.66. The fourth-order valence-electron chi connectivity index (χ4n) is 3.01. The highest BCUT2D eigenvalue weighted by molar-refractivity contribution is 7.99. The summed E-state index contributed by atoms with van der Waals surface area (Å²) in [6.07, 6.45) is 8.69. The van der Waals surface area contributed by atoms with Crippen LogP contribution < -0.4 is 15.0 Å². The van der Waals surface area contributed by atoms with E-state index < -0.39 is 0 Å². The van der Waals surface area contributed by atoms with E-state index in [1.54, 1.807) is 7.11 Å². The number of anilines is 1. The Labute approximate surface area is 163 Å². The van der Waals surface area contributed by atoms with Gasteiger partial charge in [-0.3, -0.25) is 9.36 Å². The average Bonchev–Trinajstić information content (AvgIpc) is 3.15. The predicted octanol–water partition coefficient (Wildman–Crippen LogP) is 2.11. The second-order valence-electron chi connectivity index (χ2n) is 6.11. The number of hydrogen-bond acceptors (Lipinski definition) is 6. The number of thioether (sulfide) groups is 1. The first-order valence-corrected chi connectivity index (χ1v) is 9.90. The summed E-state index contributed by atoms with van der Waals surface area (Å²) in [4.78, 5) is 14.2. The van der Waals surface area contributed by atoms with Gasteiger partial charge in [0.15, 0.2) is 5.16 Å². The number of methoxy groups -OCH3 is 1. The molecular weight excluding hydrogens is 362 g/mol. The fourth-order valence-corrected chi connectivity index (χ4v) is 3.78. The number of carbonyl (C=O) groups excluding carboxylic acids is 1. The Bertz CT molecular complexity index is 824. The molecule has 1 aliphatic rings. The Morgan fingerprint density at radius 3 is 2.81 bits per heavy atom. The molecular formula is C19H23N5O2S. The van der Waals surface area contributed by atoms with Crippen molar-refractivity contribution in [3.05, 3.63) is 24.3 Å². The van der Waals surface area contributed by atoms with Crippen molar-refractivity contribution < 1.29 is 9.53 Å². The highest BCUT2D eigenvalue weighted by Crippen LogP contribution is 2.32. The molecule has 1 saturated heterocycles. The van der Waals surface area contributed by atoms with Crippen molar-refractivity contribution in [2.45, 2.75) is 24.4 Å².